The van der Waals surface area contributed by atoms with Gasteiger partial charge in [0.25, 0.3) is 0 Å². The van der Waals surface area contributed by atoms with Gasteiger partial charge in [0.1, 0.15) is 5.82 Å². The van der Waals surface area contributed by atoms with Crippen LogP contribution in [-0.2, 0) is 0 Å². The summed E-state index contributed by atoms with van der Waals surface area (Å²) >= 11 is 5.94. The van der Waals surface area contributed by atoms with Crippen LogP contribution in [0.15, 0.2) is 18.2 Å². The lowest BCUT2D eigenvalue weighted by atomic mass is 9.91. The molecule has 0 aliphatic heterocycles. The van der Waals surface area contributed by atoms with Gasteiger partial charge in [-0.25, -0.2) is 4.39 Å². The quantitative estimate of drug-likeness (QED) is 0.666. The first-order valence-electron chi connectivity index (χ1n) is 5.36. The summed E-state index contributed by atoms with van der Waals surface area (Å²) in [6.45, 7) is 6.14. The number of rotatable bonds is 4. The molecule has 0 N–H and O–H groups in total. The minimum Gasteiger partial charge on any atom is -0.207 e. The standard InChI is InChI=1S/C13H18ClF/c1-9(2)6-12(8-14)11-4-5-13(15)10(3)7-11/h4-5,7,9,12H,6,8H2,1-3H3. The minimum atomic E-state index is -0.142. The lowest BCUT2D eigenvalue weighted by molar-refractivity contribution is 0.525. The van der Waals surface area contributed by atoms with Gasteiger partial charge >= 0.3 is 0 Å². The molecule has 1 aromatic carbocycles. The maximum Gasteiger partial charge on any atom is 0.126 e. The van der Waals surface area contributed by atoms with Crippen molar-refractivity contribution in [1.82, 2.24) is 0 Å². The Hall–Kier alpha value is -0.560. The van der Waals surface area contributed by atoms with E-state index >= 15 is 0 Å². The second-order valence-electron chi connectivity index (χ2n) is 4.49. The number of aryl methyl sites for hydroxylation is 1. The molecular formula is C13H18ClF. The highest BCUT2D eigenvalue weighted by atomic mass is 35.5. The molecule has 0 saturated heterocycles. The summed E-state index contributed by atoms with van der Waals surface area (Å²) in [6, 6.07) is 5.28. The second kappa shape index (κ2) is 5.50. The third-order valence-electron chi connectivity index (χ3n) is 2.60. The van der Waals surface area contributed by atoms with E-state index in [2.05, 4.69) is 13.8 Å². The fourth-order valence-corrected chi connectivity index (χ4v) is 2.08. The van der Waals surface area contributed by atoms with Crippen LogP contribution in [0.1, 0.15) is 37.3 Å². The summed E-state index contributed by atoms with van der Waals surface area (Å²) < 4.78 is 13.1. The van der Waals surface area contributed by atoms with E-state index in [4.69, 9.17) is 11.6 Å². The highest BCUT2D eigenvalue weighted by Crippen LogP contribution is 2.26. The Balaban J connectivity index is 2.87. The number of hydrogen-bond acceptors (Lipinski definition) is 0. The van der Waals surface area contributed by atoms with Gasteiger partial charge in [-0.05, 0) is 42.4 Å². The van der Waals surface area contributed by atoms with Crippen LogP contribution < -0.4 is 0 Å². The topological polar surface area (TPSA) is 0 Å². The Morgan fingerprint density at radius 1 is 1.33 bits per heavy atom. The molecular weight excluding hydrogens is 211 g/mol. The third kappa shape index (κ3) is 3.49. The van der Waals surface area contributed by atoms with E-state index in [1.807, 2.05) is 12.1 Å². The van der Waals surface area contributed by atoms with Gasteiger partial charge in [-0.1, -0.05) is 26.0 Å². The summed E-state index contributed by atoms with van der Waals surface area (Å²) in [6.07, 6.45) is 1.05. The molecule has 1 aromatic rings. The Morgan fingerprint density at radius 2 is 2.00 bits per heavy atom. The molecule has 0 heterocycles. The Labute approximate surface area is 96.5 Å². The lowest BCUT2D eigenvalue weighted by Gasteiger charge is -2.17. The average molecular weight is 229 g/mol. The molecule has 0 radical (unpaired) electrons. The van der Waals surface area contributed by atoms with Gasteiger partial charge < -0.3 is 0 Å². The monoisotopic (exact) mass is 228 g/mol. The van der Waals surface area contributed by atoms with Crippen LogP contribution in [0, 0.1) is 18.7 Å². The molecule has 15 heavy (non-hydrogen) atoms. The first-order valence-corrected chi connectivity index (χ1v) is 5.90. The van der Waals surface area contributed by atoms with E-state index in [9.17, 15) is 4.39 Å². The van der Waals surface area contributed by atoms with Crippen molar-refractivity contribution in [3.8, 4) is 0 Å². The number of alkyl halides is 1. The van der Waals surface area contributed by atoms with Crippen molar-refractivity contribution >= 4 is 11.6 Å². The van der Waals surface area contributed by atoms with E-state index in [0.29, 0.717) is 23.3 Å². The summed E-state index contributed by atoms with van der Waals surface area (Å²) in [7, 11) is 0. The molecule has 1 atom stereocenters. The first-order chi connectivity index (χ1) is 7.04. The fourth-order valence-electron chi connectivity index (χ4n) is 1.78. The zero-order chi connectivity index (χ0) is 11.4. The Kier molecular flexibility index (Phi) is 4.59. The molecule has 0 nitrogen and oxygen atoms in total. The molecule has 2 heteroatoms. The van der Waals surface area contributed by atoms with Gasteiger partial charge in [0, 0.05) is 5.88 Å². The molecule has 0 amide bonds. The van der Waals surface area contributed by atoms with Crippen molar-refractivity contribution in [1.29, 1.82) is 0 Å². The van der Waals surface area contributed by atoms with Crippen LogP contribution in [0.3, 0.4) is 0 Å². The normalized spacial score (nSPS) is 13.2. The van der Waals surface area contributed by atoms with Crippen molar-refractivity contribution in [3.05, 3.63) is 35.1 Å². The fraction of sp³-hybridized carbons (Fsp3) is 0.538. The van der Waals surface area contributed by atoms with E-state index < -0.39 is 0 Å². The first kappa shape index (κ1) is 12.5. The maximum atomic E-state index is 13.1. The molecule has 0 fully saturated rings. The Bertz CT molecular complexity index is 320. The number of benzene rings is 1. The molecule has 1 unspecified atom stereocenters. The second-order valence-corrected chi connectivity index (χ2v) is 4.80. The molecule has 0 spiro atoms. The van der Waals surface area contributed by atoms with Crippen molar-refractivity contribution in [3.63, 3.8) is 0 Å². The van der Waals surface area contributed by atoms with Crippen LogP contribution in [0.4, 0.5) is 4.39 Å². The third-order valence-corrected chi connectivity index (χ3v) is 2.97. The van der Waals surface area contributed by atoms with E-state index in [1.165, 1.54) is 6.07 Å². The molecule has 0 saturated carbocycles. The number of hydrogen-bond donors (Lipinski definition) is 0. The molecule has 0 aliphatic carbocycles. The highest BCUT2D eigenvalue weighted by Gasteiger charge is 2.13. The van der Waals surface area contributed by atoms with Gasteiger partial charge in [-0.15, -0.1) is 11.6 Å². The van der Waals surface area contributed by atoms with Crippen LogP contribution in [0.5, 0.6) is 0 Å². The zero-order valence-corrected chi connectivity index (χ0v) is 10.3. The molecule has 1 rings (SSSR count). The minimum absolute atomic E-state index is 0.142. The van der Waals surface area contributed by atoms with Crippen LogP contribution >= 0.6 is 11.6 Å². The van der Waals surface area contributed by atoms with Crippen LogP contribution in [0.2, 0.25) is 0 Å². The molecule has 0 bridgehead atoms. The van der Waals surface area contributed by atoms with E-state index in [1.54, 1.807) is 6.92 Å². The van der Waals surface area contributed by atoms with Gasteiger partial charge in [0.05, 0.1) is 0 Å². The van der Waals surface area contributed by atoms with Gasteiger partial charge in [-0.3, -0.25) is 0 Å². The molecule has 0 aliphatic rings. The summed E-state index contributed by atoms with van der Waals surface area (Å²) in [5, 5.41) is 0. The summed E-state index contributed by atoms with van der Waals surface area (Å²) in [5.74, 6) is 1.41. The Morgan fingerprint density at radius 3 is 2.47 bits per heavy atom. The molecule has 84 valence electrons. The predicted molar refractivity (Wildman–Crippen MR) is 64.1 cm³/mol. The van der Waals surface area contributed by atoms with Gasteiger partial charge in [-0.2, -0.15) is 0 Å². The predicted octanol–water partition coefficient (Wildman–Crippen LogP) is 4.50. The van der Waals surface area contributed by atoms with Gasteiger partial charge in [0.15, 0.2) is 0 Å². The van der Waals surface area contributed by atoms with Crippen molar-refractivity contribution < 1.29 is 4.39 Å². The van der Waals surface area contributed by atoms with Crippen molar-refractivity contribution in [2.75, 3.05) is 5.88 Å². The smallest absolute Gasteiger partial charge is 0.126 e. The van der Waals surface area contributed by atoms with E-state index in [0.717, 1.165) is 12.0 Å². The lowest BCUT2D eigenvalue weighted by Crippen LogP contribution is -2.05. The summed E-state index contributed by atoms with van der Waals surface area (Å²) in [5.41, 5.74) is 1.85. The van der Waals surface area contributed by atoms with Crippen LogP contribution in [-0.4, -0.2) is 5.88 Å². The summed E-state index contributed by atoms with van der Waals surface area (Å²) in [4.78, 5) is 0. The van der Waals surface area contributed by atoms with Gasteiger partial charge in [0.2, 0.25) is 0 Å². The van der Waals surface area contributed by atoms with Crippen molar-refractivity contribution in [2.45, 2.75) is 33.1 Å². The molecule has 0 aromatic heterocycles. The highest BCUT2D eigenvalue weighted by molar-refractivity contribution is 6.18. The maximum absolute atomic E-state index is 13.1. The van der Waals surface area contributed by atoms with Crippen LogP contribution in [0.25, 0.3) is 0 Å². The number of halogens is 2. The largest absolute Gasteiger partial charge is 0.207 e. The SMILES string of the molecule is Cc1cc(C(CCl)CC(C)C)ccc1F. The average Bonchev–Trinajstić information content (AvgIpc) is 2.18. The van der Waals surface area contributed by atoms with E-state index in [-0.39, 0.29) is 5.82 Å². The zero-order valence-electron chi connectivity index (χ0n) is 9.56. The van der Waals surface area contributed by atoms with Crippen molar-refractivity contribution in [2.24, 2.45) is 5.92 Å².